The number of hydrogen-bond donors (Lipinski definition) is 1. The summed E-state index contributed by atoms with van der Waals surface area (Å²) in [7, 11) is 2.23. The van der Waals surface area contributed by atoms with Gasteiger partial charge in [0, 0.05) is 5.02 Å². The molecule has 0 aliphatic carbocycles. The van der Waals surface area contributed by atoms with E-state index < -0.39 is 23.7 Å². The van der Waals surface area contributed by atoms with Crippen molar-refractivity contribution >= 4 is 29.2 Å². The maximum Gasteiger partial charge on any atom is 0.355 e. The normalized spacial score (nSPS) is 16.1. The molecule has 0 amide bonds. The summed E-state index contributed by atoms with van der Waals surface area (Å²) in [5.74, 6) is -3.94. The average Bonchev–Trinajstić information content (AvgIpc) is 2.79. The third-order valence-corrected chi connectivity index (χ3v) is 4.99. The van der Waals surface area contributed by atoms with Crippen molar-refractivity contribution < 1.29 is 23.5 Å². The lowest BCUT2D eigenvalue weighted by Crippen LogP contribution is -2.41. The number of nitrogens with zero attached hydrogens (tertiary/aromatic N) is 2. The van der Waals surface area contributed by atoms with Gasteiger partial charge in [-0.1, -0.05) is 41.9 Å². The first-order valence-corrected chi connectivity index (χ1v) is 9.34. The number of halogens is 2. The molecule has 0 spiro atoms. The van der Waals surface area contributed by atoms with E-state index in [1.807, 2.05) is 6.07 Å². The summed E-state index contributed by atoms with van der Waals surface area (Å²) in [4.78, 5) is 26.7. The van der Waals surface area contributed by atoms with Crippen LogP contribution in [0.3, 0.4) is 0 Å². The second-order valence-electron chi connectivity index (χ2n) is 6.43. The highest BCUT2D eigenvalue weighted by Gasteiger charge is 2.43. The van der Waals surface area contributed by atoms with Gasteiger partial charge in [0.2, 0.25) is 0 Å². The minimum atomic E-state index is -1.04. The molecule has 0 fully saturated rings. The molecule has 0 saturated heterocycles. The summed E-state index contributed by atoms with van der Waals surface area (Å²) in [6, 6.07) is 14.1. The fourth-order valence-electron chi connectivity index (χ4n) is 3.42. The van der Waals surface area contributed by atoms with Crippen LogP contribution in [0.1, 0.15) is 11.5 Å². The minimum Gasteiger partial charge on any atom is -0.466 e. The van der Waals surface area contributed by atoms with Crippen molar-refractivity contribution in [2.75, 3.05) is 19.1 Å². The van der Waals surface area contributed by atoms with Gasteiger partial charge in [0.1, 0.15) is 17.3 Å². The van der Waals surface area contributed by atoms with E-state index in [1.54, 1.807) is 30.3 Å². The molecule has 158 valence electrons. The predicted molar refractivity (Wildman–Crippen MR) is 111 cm³/mol. The Labute approximate surface area is 182 Å². The number of hydrogen-bond acceptors (Lipinski definition) is 7. The zero-order chi connectivity index (χ0) is 22.7. The van der Waals surface area contributed by atoms with Gasteiger partial charge in [0.25, 0.3) is 0 Å². The van der Waals surface area contributed by atoms with Gasteiger partial charge in [-0.25, -0.2) is 14.0 Å². The molecule has 31 heavy (non-hydrogen) atoms. The largest absolute Gasteiger partial charge is 0.466 e. The number of nitrogens with two attached hydrogens (primary N) is 1. The van der Waals surface area contributed by atoms with E-state index in [0.717, 1.165) is 25.2 Å². The zero-order valence-corrected chi connectivity index (χ0v) is 17.3. The van der Waals surface area contributed by atoms with Crippen LogP contribution in [-0.4, -0.2) is 26.2 Å². The lowest BCUT2D eigenvalue weighted by molar-refractivity contribution is -0.139. The van der Waals surface area contributed by atoms with Gasteiger partial charge in [0.15, 0.2) is 0 Å². The van der Waals surface area contributed by atoms with E-state index in [4.69, 9.17) is 26.8 Å². The number of carbonyl (C=O) groups is 2. The van der Waals surface area contributed by atoms with Crippen LogP contribution in [0.4, 0.5) is 10.1 Å². The molecule has 1 heterocycles. The molecule has 1 unspecified atom stereocenters. The highest BCUT2D eigenvalue weighted by Crippen LogP contribution is 2.43. The highest BCUT2D eigenvalue weighted by molar-refractivity contribution is 6.30. The number of nitriles is 1. The monoisotopic (exact) mass is 441 g/mol. The number of esters is 2. The van der Waals surface area contributed by atoms with Crippen LogP contribution < -0.4 is 10.6 Å². The van der Waals surface area contributed by atoms with Crippen LogP contribution in [0, 0.1) is 17.1 Å². The highest BCUT2D eigenvalue weighted by atomic mass is 35.5. The van der Waals surface area contributed by atoms with Crippen LogP contribution in [0.2, 0.25) is 5.02 Å². The summed E-state index contributed by atoms with van der Waals surface area (Å²) >= 11 is 6.03. The molecular weight excluding hydrogens is 425 g/mol. The molecule has 1 aliphatic rings. The SMILES string of the molecule is COC(=O)C1=C(C(=O)OC)N(c2cc(Cl)ccc2F)C(N)=C(C#N)C1c1ccccc1. The third kappa shape index (κ3) is 3.83. The summed E-state index contributed by atoms with van der Waals surface area (Å²) in [6.07, 6.45) is 0. The number of methoxy groups -OCH3 is 2. The molecular formula is C22H17ClFN3O4. The van der Waals surface area contributed by atoms with Gasteiger partial charge < -0.3 is 15.2 Å². The smallest absolute Gasteiger partial charge is 0.355 e. The first-order valence-electron chi connectivity index (χ1n) is 8.96. The van der Waals surface area contributed by atoms with E-state index in [-0.39, 0.29) is 33.4 Å². The molecule has 0 saturated carbocycles. The van der Waals surface area contributed by atoms with Crippen molar-refractivity contribution in [2.45, 2.75) is 5.92 Å². The van der Waals surface area contributed by atoms with Crippen LogP contribution in [-0.2, 0) is 19.1 Å². The molecule has 1 aliphatic heterocycles. The topological polar surface area (TPSA) is 106 Å². The molecule has 2 N–H and O–H groups in total. The second kappa shape index (κ2) is 8.90. The first-order chi connectivity index (χ1) is 14.8. The molecule has 0 bridgehead atoms. The maximum absolute atomic E-state index is 14.8. The quantitative estimate of drug-likeness (QED) is 0.725. The number of rotatable bonds is 4. The molecule has 2 aromatic rings. The Morgan fingerprint density at radius 3 is 2.35 bits per heavy atom. The molecule has 0 aromatic heterocycles. The van der Waals surface area contributed by atoms with Gasteiger partial charge in [-0.05, 0) is 23.8 Å². The maximum atomic E-state index is 14.8. The summed E-state index contributed by atoms with van der Waals surface area (Å²) in [6.45, 7) is 0. The lowest BCUT2D eigenvalue weighted by Gasteiger charge is -2.36. The van der Waals surface area contributed by atoms with Gasteiger partial charge >= 0.3 is 11.9 Å². The van der Waals surface area contributed by atoms with Crippen molar-refractivity contribution in [1.82, 2.24) is 0 Å². The van der Waals surface area contributed by atoms with E-state index in [9.17, 15) is 19.2 Å². The van der Waals surface area contributed by atoms with E-state index in [2.05, 4.69) is 0 Å². The van der Waals surface area contributed by atoms with Gasteiger partial charge in [0.05, 0.1) is 43.0 Å². The van der Waals surface area contributed by atoms with Crippen LogP contribution in [0.25, 0.3) is 0 Å². The number of anilines is 1. The third-order valence-electron chi connectivity index (χ3n) is 4.76. The fraction of sp³-hybridized carbons (Fsp3) is 0.136. The summed E-state index contributed by atoms with van der Waals surface area (Å²) in [5.41, 5.74) is 5.90. The average molecular weight is 442 g/mol. The number of allylic oxidation sites excluding steroid dienone is 1. The Morgan fingerprint density at radius 2 is 1.77 bits per heavy atom. The molecule has 9 heteroatoms. The van der Waals surface area contributed by atoms with Crippen molar-refractivity contribution in [2.24, 2.45) is 5.73 Å². The minimum absolute atomic E-state index is 0.0707. The standard InChI is InChI=1S/C22H17ClFN3O4/c1-30-21(28)18-17(12-6-4-3-5-7-12)14(11-25)20(26)27(19(18)22(29)31-2)16-10-13(23)8-9-15(16)24/h3-10,17H,26H2,1-2H3. The predicted octanol–water partition coefficient (Wildman–Crippen LogP) is 3.38. The Morgan fingerprint density at radius 1 is 1.13 bits per heavy atom. The van der Waals surface area contributed by atoms with E-state index in [0.29, 0.717) is 5.56 Å². The Bertz CT molecular complexity index is 1160. The summed E-state index contributed by atoms with van der Waals surface area (Å²) in [5, 5.41) is 10.1. The Hall–Kier alpha value is -3.83. The molecule has 7 nitrogen and oxygen atoms in total. The second-order valence-corrected chi connectivity index (χ2v) is 6.87. The lowest BCUT2D eigenvalue weighted by atomic mass is 9.81. The van der Waals surface area contributed by atoms with Gasteiger partial charge in [-0.15, -0.1) is 0 Å². The van der Waals surface area contributed by atoms with Crippen molar-refractivity contribution in [3.05, 3.63) is 87.6 Å². The molecule has 1 atom stereocenters. The van der Waals surface area contributed by atoms with Gasteiger partial charge in [-0.2, -0.15) is 5.26 Å². The van der Waals surface area contributed by atoms with Crippen LogP contribution >= 0.6 is 11.6 Å². The first kappa shape index (κ1) is 21.9. The summed E-state index contributed by atoms with van der Waals surface area (Å²) < 4.78 is 24.6. The Balaban J connectivity index is 2.45. The number of benzene rings is 2. The number of ether oxygens (including phenoxy) is 2. The fourth-order valence-corrected chi connectivity index (χ4v) is 3.59. The number of carbonyl (C=O) groups excluding carboxylic acids is 2. The van der Waals surface area contributed by atoms with Crippen LogP contribution in [0.15, 0.2) is 71.2 Å². The van der Waals surface area contributed by atoms with Crippen LogP contribution in [0.5, 0.6) is 0 Å². The van der Waals surface area contributed by atoms with Crippen molar-refractivity contribution in [1.29, 1.82) is 5.26 Å². The molecule has 2 aromatic carbocycles. The van der Waals surface area contributed by atoms with E-state index in [1.165, 1.54) is 12.1 Å². The molecule has 0 radical (unpaired) electrons. The van der Waals surface area contributed by atoms with E-state index >= 15 is 0 Å². The van der Waals surface area contributed by atoms with Crippen molar-refractivity contribution in [3.8, 4) is 6.07 Å². The molecule has 3 rings (SSSR count). The van der Waals surface area contributed by atoms with Crippen molar-refractivity contribution in [3.63, 3.8) is 0 Å². The zero-order valence-electron chi connectivity index (χ0n) is 16.6. The Kier molecular flexibility index (Phi) is 6.28. The van der Waals surface area contributed by atoms with Gasteiger partial charge in [-0.3, -0.25) is 4.90 Å².